The SMILES string of the molecule is CSCCC(N)C(=O)Nc1cccc(COCc2ccco2)c1. The first-order valence-corrected chi connectivity index (χ1v) is 8.83. The lowest BCUT2D eigenvalue weighted by molar-refractivity contribution is -0.117. The molecule has 1 atom stereocenters. The monoisotopic (exact) mass is 334 g/mol. The number of anilines is 1. The van der Waals surface area contributed by atoms with Crippen LogP contribution in [0.2, 0.25) is 0 Å². The normalized spacial score (nSPS) is 12.1. The predicted molar refractivity (Wildman–Crippen MR) is 93.2 cm³/mol. The summed E-state index contributed by atoms with van der Waals surface area (Å²) in [4.78, 5) is 12.0. The van der Waals surface area contributed by atoms with Gasteiger partial charge in [0, 0.05) is 5.69 Å². The zero-order valence-corrected chi connectivity index (χ0v) is 14.0. The fraction of sp³-hybridized carbons (Fsp3) is 0.353. The topological polar surface area (TPSA) is 77.5 Å². The van der Waals surface area contributed by atoms with Crippen molar-refractivity contribution in [1.82, 2.24) is 0 Å². The Morgan fingerprint density at radius 2 is 2.22 bits per heavy atom. The number of benzene rings is 1. The van der Waals surface area contributed by atoms with Gasteiger partial charge in [-0.15, -0.1) is 0 Å². The van der Waals surface area contributed by atoms with Crippen LogP contribution in [0.5, 0.6) is 0 Å². The van der Waals surface area contributed by atoms with Gasteiger partial charge in [0.1, 0.15) is 12.4 Å². The van der Waals surface area contributed by atoms with Gasteiger partial charge < -0.3 is 20.2 Å². The highest BCUT2D eigenvalue weighted by molar-refractivity contribution is 7.98. The van der Waals surface area contributed by atoms with E-state index in [2.05, 4.69) is 5.32 Å². The summed E-state index contributed by atoms with van der Waals surface area (Å²) in [7, 11) is 0. The highest BCUT2D eigenvalue weighted by atomic mass is 32.2. The molecule has 0 bridgehead atoms. The average Bonchev–Trinajstić information content (AvgIpc) is 3.06. The number of nitrogens with two attached hydrogens (primary N) is 1. The molecular formula is C17H22N2O3S. The van der Waals surface area contributed by atoms with Crippen LogP contribution in [-0.4, -0.2) is 24.0 Å². The molecule has 5 nitrogen and oxygen atoms in total. The number of nitrogens with one attached hydrogen (secondary N) is 1. The molecule has 6 heteroatoms. The summed E-state index contributed by atoms with van der Waals surface area (Å²) in [5.41, 5.74) is 7.57. The van der Waals surface area contributed by atoms with E-state index in [-0.39, 0.29) is 5.91 Å². The van der Waals surface area contributed by atoms with Crippen molar-refractivity contribution in [1.29, 1.82) is 0 Å². The van der Waals surface area contributed by atoms with Crippen LogP contribution in [0.25, 0.3) is 0 Å². The van der Waals surface area contributed by atoms with Crippen LogP contribution in [0.3, 0.4) is 0 Å². The number of hydrogen-bond acceptors (Lipinski definition) is 5. The van der Waals surface area contributed by atoms with E-state index in [1.54, 1.807) is 18.0 Å². The zero-order chi connectivity index (χ0) is 16.5. The summed E-state index contributed by atoms with van der Waals surface area (Å²) < 4.78 is 10.8. The predicted octanol–water partition coefficient (Wildman–Crippen LogP) is 3.02. The molecule has 2 aromatic rings. The molecule has 0 spiro atoms. The van der Waals surface area contributed by atoms with Crippen molar-refractivity contribution in [2.45, 2.75) is 25.7 Å². The minimum absolute atomic E-state index is 0.160. The van der Waals surface area contributed by atoms with Crippen LogP contribution in [0.1, 0.15) is 17.7 Å². The summed E-state index contributed by atoms with van der Waals surface area (Å²) in [6, 6.07) is 10.8. The van der Waals surface area contributed by atoms with Gasteiger partial charge in [0.15, 0.2) is 0 Å². The Hall–Kier alpha value is -1.76. The summed E-state index contributed by atoms with van der Waals surface area (Å²) in [5, 5.41) is 2.85. The third-order valence-electron chi connectivity index (χ3n) is 3.26. The minimum atomic E-state index is -0.485. The van der Waals surface area contributed by atoms with E-state index in [1.807, 2.05) is 42.7 Å². The number of carbonyl (C=O) groups excluding carboxylic acids is 1. The average molecular weight is 334 g/mol. The fourth-order valence-electron chi connectivity index (χ4n) is 2.01. The number of hydrogen-bond donors (Lipinski definition) is 2. The van der Waals surface area contributed by atoms with Crippen LogP contribution in [0.4, 0.5) is 5.69 Å². The highest BCUT2D eigenvalue weighted by Gasteiger charge is 2.13. The minimum Gasteiger partial charge on any atom is -0.467 e. The van der Waals surface area contributed by atoms with Crippen LogP contribution in [0, 0.1) is 0 Å². The van der Waals surface area contributed by atoms with Crippen LogP contribution in [-0.2, 0) is 22.7 Å². The molecule has 1 amide bonds. The van der Waals surface area contributed by atoms with Crippen molar-refractivity contribution in [2.75, 3.05) is 17.3 Å². The number of thioether (sulfide) groups is 1. The fourth-order valence-corrected chi connectivity index (χ4v) is 2.50. The number of carbonyl (C=O) groups is 1. The summed E-state index contributed by atoms with van der Waals surface area (Å²) in [5.74, 6) is 1.50. The standard InChI is InChI=1S/C17H22N2O3S/c1-23-9-7-16(18)17(20)19-14-5-2-4-13(10-14)11-21-12-15-6-3-8-22-15/h2-6,8,10,16H,7,9,11-12,18H2,1H3,(H,19,20). The molecule has 0 radical (unpaired) electrons. The van der Waals surface area contributed by atoms with Crippen molar-refractivity contribution >= 4 is 23.4 Å². The molecule has 124 valence electrons. The van der Waals surface area contributed by atoms with Gasteiger partial charge in [0.05, 0.1) is 18.9 Å². The first-order valence-electron chi connectivity index (χ1n) is 7.43. The molecule has 1 aromatic carbocycles. The van der Waals surface area contributed by atoms with Gasteiger partial charge in [-0.1, -0.05) is 12.1 Å². The van der Waals surface area contributed by atoms with Crippen molar-refractivity contribution in [3.63, 3.8) is 0 Å². The third kappa shape index (κ3) is 6.09. The Morgan fingerprint density at radius 3 is 2.96 bits per heavy atom. The number of furan rings is 1. The van der Waals surface area contributed by atoms with Gasteiger partial charge in [0.2, 0.25) is 5.91 Å². The lowest BCUT2D eigenvalue weighted by atomic mass is 10.2. The second kappa shape index (κ2) is 9.39. The largest absolute Gasteiger partial charge is 0.467 e. The van der Waals surface area contributed by atoms with Gasteiger partial charge in [-0.3, -0.25) is 4.79 Å². The molecule has 0 saturated heterocycles. The van der Waals surface area contributed by atoms with Crippen molar-refractivity contribution in [3.8, 4) is 0 Å². The second-order valence-electron chi connectivity index (χ2n) is 5.15. The maximum atomic E-state index is 12.0. The molecular weight excluding hydrogens is 312 g/mol. The second-order valence-corrected chi connectivity index (χ2v) is 6.14. The zero-order valence-electron chi connectivity index (χ0n) is 13.2. The molecule has 1 heterocycles. The van der Waals surface area contributed by atoms with E-state index in [1.165, 1.54) is 0 Å². The van der Waals surface area contributed by atoms with E-state index < -0.39 is 6.04 Å². The Kier molecular flexibility index (Phi) is 7.19. The lowest BCUT2D eigenvalue weighted by Gasteiger charge is -2.12. The quantitative estimate of drug-likeness (QED) is 0.737. The number of ether oxygens (including phenoxy) is 1. The Balaban J connectivity index is 1.82. The smallest absolute Gasteiger partial charge is 0.241 e. The molecule has 0 aliphatic carbocycles. The Morgan fingerprint density at radius 1 is 1.35 bits per heavy atom. The molecule has 0 aliphatic rings. The molecule has 1 aromatic heterocycles. The summed E-state index contributed by atoms with van der Waals surface area (Å²) in [6.07, 6.45) is 4.28. The maximum absolute atomic E-state index is 12.0. The van der Waals surface area contributed by atoms with Gasteiger partial charge in [-0.2, -0.15) is 11.8 Å². The van der Waals surface area contributed by atoms with E-state index in [9.17, 15) is 4.79 Å². The van der Waals surface area contributed by atoms with E-state index >= 15 is 0 Å². The van der Waals surface area contributed by atoms with E-state index in [4.69, 9.17) is 14.9 Å². The van der Waals surface area contributed by atoms with Gasteiger partial charge in [-0.25, -0.2) is 0 Å². The van der Waals surface area contributed by atoms with Crippen molar-refractivity contribution in [3.05, 3.63) is 54.0 Å². The van der Waals surface area contributed by atoms with Gasteiger partial charge >= 0.3 is 0 Å². The van der Waals surface area contributed by atoms with Crippen molar-refractivity contribution < 1.29 is 13.9 Å². The molecule has 3 N–H and O–H groups in total. The summed E-state index contributed by atoms with van der Waals surface area (Å²) >= 11 is 1.68. The summed E-state index contributed by atoms with van der Waals surface area (Å²) in [6.45, 7) is 0.867. The third-order valence-corrected chi connectivity index (χ3v) is 3.90. The first kappa shape index (κ1) is 17.6. The molecule has 2 rings (SSSR count). The molecule has 23 heavy (non-hydrogen) atoms. The maximum Gasteiger partial charge on any atom is 0.241 e. The van der Waals surface area contributed by atoms with Crippen LogP contribution in [0.15, 0.2) is 47.1 Å². The molecule has 0 fully saturated rings. The lowest BCUT2D eigenvalue weighted by Crippen LogP contribution is -2.36. The molecule has 1 unspecified atom stereocenters. The molecule has 0 saturated carbocycles. The van der Waals surface area contributed by atoms with Crippen molar-refractivity contribution in [2.24, 2.45) is 5.73 Å². The number of amides is 1. The Bertz CT molecular complexity index is 602. The van der Waals surface area contributed by atoms with Crippen LogP contribution >= 0.6 is 11.8 Å². The highest BCUT2D eigenvalue weighted by Crippen LogP contribution is 2.13. The molecule has 0 aliphatic heterocycles. The van der Waals surface area contributed by atoms with Gasteiger partial charge in [-0.05, 0) is 48.3 Å². The number of rotatable bonds is 9. The van der Waals surface area contributed by atoms with E-state index in [0.717, 1.165) is 22.8 Å². The Labute approximate surface area is 140 Å². The van der Waals surface area contributed by atoms with E-state index in [0.29, 0.717) is 19.6 Å². The first-order chi connectivity index (χ1) is 11.2. The van der Waals surface area contributed by atoms with Gasteiger partial charge in [0.25, 0.3) is 0 Å². The van der Waals surface area contributed by atoms with Crippen LogP contribution < -0.4 is 11.1 Å².